The Morgan fingerprint density at radius 2 is 1.94 bits per heavy atom. The Morgan fingerprint density at radius 3 is 2.59 bits per heavy atom. The van der Waals surface area contributed by atoms with Crippen LogP contribution in [0.4, 0.5) is 8.78 Å². The highest BCUT2D eigenvalue weighted by Crippen LogP contribution is 2.18. The van der Waals surface area contributed by atoms with Crippen molar-refractivity contribution in [2.24, 2.45) is 5.92 Å². The molecule has 2 rings (SSSR count). The largest absolute Gasteiger partial charge is 0.396 e. The van der Waals surface area contributed by atoms with E-state index in [9.17, 15) is 8.78 Å². The fraction of sp³-hybridized carbons (Fsp3) is 0.538. The molecule has 1 heterocycles. The van der Waals surface area contributed by atoms with E-state index in [4.69, 9.17) is 5.11 Å². The molecule has 1 aliphatic rings. The molecule has 0 amide bonds. The first-order valence-electron chi connectivity index (χ1n) is 5.95. The molecule has 1 aromatic rings. The molecular weight excluding hydrogens is 224 g/mol. The van der Waals surface area contributed by atoms with E-state index in [1.807, 2.05) is 0 Å². The van der Waals surface area contributed by atoms with Crippen molar-refractivity contribution in [1.82, 2.24) is 4.90 Å². The summed E-state index contributed by atoms with van der Waals surface area (Å²) in [5.41, 5.74) is 0.654. The second-order valence-electron chi connectivity index (χ2n) is 4.70. The topological polar surface area (TPSA) is 23.5 Å². The van der Waals surface area contributed by atoms with Gasteiger partial charge in [0.2, 0.25) is 0 Å². The molecule has 1 aromatic carbocycles. The van der Waals surface area contributed by atoms with Gasteiger partial charge in [-0.2, -0.15) is 0 Å². The van der Waals surface area contributed by atoms with Gasteiger partial charge in [-0.05, 0) is 43.0 Å². The van der Waals surface area contributed by atoms with Crippen molar-refractivity contribution in [2.75, 3.05) is 19.7 Å². The summed E-state index contributed by atoms with van der Waals surface area (Å²) in [5.74, 6) is -0.770. The Labute approximate surface area is 99.9 Å². The number of benzene rings is 1. The molecule has 1 saturated heterocycles. The third-order valence-electron chi connectivity index (χ3n) is 3.19. The quantitative estimate of drug-likeness (QED) is 0.876. The summed E-state index contributed by atoms with van der Waals surface area (Å²) in [6.07, 6.45) is 2.06. The molecule has 0 unspecified atom stereocenters. The van der Waals surface area contributed by atoms with Gasteiger partial charge in [-0.3, -0.25) is 4.90 Å². The number of piperidine rings is 1. The van der Waals surface area contributed by atoms with E-state index >= 15 is 0 Å². The smallest absolute Gasteiger partial charge is 0.126 e. The third-order valence-corrected chi connectivity index (χ3v) is 3.19. The summed E-state index contributed by atoms with van der Waals surface area (Å²) in [4.78, 5) is 2.14. The maximum absolute atomic E-state index is 13.0. The number of nitrogens with zero attached hydrogens (tertiary/aromatic N) is 1. The van der Waals surface area contributed by atoms with Gasteiger partial charge in [-0.15, -0.1) is 0 Å². The molecule has 2 nitrogen and oxygen atoms in total. The maximum atomic E-state index is 13.0. The van der Waals surface area contributed by atoms with Gasteiger partial charge in [0.25, 0.3) is 0 Å². The minimum Gasteiger partial charge on any atom is -0.396 e. The molecule has 0 bridgehead atoms. The van der Waals surface area contributed by atoms with Crippen LogP contribution >= 0.6 is 0 Å². The highest BCUT2D eigenvalue weighted by Gasteiger charge is 2.19. The average Bonchev–Trinajstić information content (AvgIpc) is 2.28. The average molecular weight is 241 g/mol. The van der Waals surface area contributed by atoms with Crippen molar-refractivity contribution in [2.45, 2.75) is 19.4 Å². The summed E-state index contributed by atoms with van der Waals surface area (Å²) in [5, 5.41) is 9.12. The summed E-state index contributed by atoms with van der Waals surface area (Å²) in [6.45, 7) is 2.46. The van der Waals surface area contributed by atoms with Crippen LogP contribution in [-0.2, 0) is 6.54 Å². The SMILES string of the molecule is OC[C@@H]1CCCN(Cc2cc(F)cc(F)c2)C1. The van der Waals surface area contributed by atoms with Crippen molar-refractivity contribution in [1.29, 1.82) is 0 Å². The van der Waals surface area contributed by atoms with Crippen LogP contribution in [0.5, 0.6) is 0 Å². The minimum absolute atomic E-state index is 0.189. The van der Waals surface area contributed by atoms with Gasteiger partial charge in [0.1, 0.15) is 11.6 Å². The number of aliphatic hydroxyl groups excluding tert-OH is 1. The molecule has 1 fully saturated rings. The zero-order valence-corrected chi connectivity index (χ0v) is 9.70. The fourth-order valence-corrected chi connectivity index (χ4v) is 2.40. The van der Waals surface area contributed by atoms with Gasteiger partial charge in [0.15, 0.2) is 0 Å². The number of aliphatic hydroxyl groups is 1. The molecule has 1 N–H and O–H groups in total. The van der Waals surface area contributed by atoms with Crippen LogP contribution < -0.4 is 0 Å². The lowest BCUT2D eigenvalue weighted by molar-refractivity contribution is 0.115. The standard InChI is InChI=1S/C13H17F2NO/c14-12-4-11(5-13(15)6-12)8-16-3-1-2-10(7-16)9-17/h4-6,10,17H,1-3,7-9H2/t10-/m1/s1. The Kier molecular flexibility index (Phi) is 4.07. The van der Waals surface area contributed by atoms with Crippen molar-refractivity contribution < 1.29 is 13.9 Å². The molecule has 0 aromatic heterocycles. The van der Waals surface area contributed by atoms with E-state index in [1.54, 1.807) is 0 Å². The number of halogens is 2. The molecule has 1 aliphatic heterocycles. The molecule has 4 heteroatoms. The highest BCUT2D eigenvalue weighted by atomic mass is 19.1. The van der Waals surface area contributed by atoms with Gasteiger partial charge in [-0.1, -0.05) is 0 Å². The first kappa shape index (κ1) is 12.5. The normalized spacial score (nSPS) is 21.7. The van der Waals surface area contributed by atoms with E-state index in [2.05, 4.69) is 4.90 Å². The predicted octanol–water partition coefficient (Wildman–Crippen LogP) is 2.17. The molecule has 0 spiro atoms. The molecule has 94 valence electrons. The number of hydrogen-bond acceptors (Lipinski definition) is 2. The lowest BCUT2D eigenvalue weighted by atomic mass is 9.98. The lowest BCUT2D eigenvalue weighted by Gasteiger charge is -2.31. The summed E-state index contributed by atoms with van der Waals surface area (Å²) in [6, 6.07) is 3.62. The van der Waals surface area contributed by atoms with Gasteiger partial charge >= 0.3 is 0 Å². The van der Waals surface area contributed by atoms with Crippen LogP contribution in [0.3, 0.4) is 0 Å². The summed E-state index contributed by atoms with van der Waals surface area (Å²) in [7, 11) is 0. The Morgan fingerprint density at radius 1 is 1.24 bits per heavy atom. The molecule has 17 heavy (non-hydrogen) atoms. The summed E-state index contributed by atoms with van der Waals surface area (Å²) >= 11 is 0. The molecule has 0 radical (unpaired) electrons. The number of likely N-dealkylation sites (tertiary alicyclic amines) is 1. The monoisotopic (exact) mass is 241 g/mol. The minimum atomic E-state index is -0.532. The van der Waals surface area contributed by atoms with E-state index < -0.39 is 11.6 Å². The van der Waals surface area contributed by atoms with Crippen LogP contribution in [0.2, 0.25) is 0 Å². The second kappa shape index (κ2) is 5.56. The van der Waals surface area contributed by atoms with Gasteiger partial charge < -0.3 is 5.11 Å². The zero-order chi connectivity index (χ0) is 12.3. The van der Waals surface area contributed by atoms with Crippen molar-refractivity contribution >= 4 is 0 Å². The molecular formula is C13H17F2NO. The van der Waals surface area contributed by atoms with Crippen molar-refractivity contribution in [3.63, 3.8) is 0 Å². The van der Waals surface area contributed by atoms with E-state index in [0.717, 1.165) is 32.0 Å². The molecule has 0 saturated carbocycles. The summed E-state index contributed by atoms with van der Waals surface area (Å²) < 4.78 is 26.1. The van der Waals surface area contributed by atoms with Crippen molar-refractivity contribution in [3.05, 3.63) is 35.4 Å². The van der Waals surface area contributed by atoms with Gasteiger partial charge in [0, 0.05) is 25.8 Å². The third kappa shape index (κ3) is 3.48. The van der Waals surface area contributed by atoms with Crippen LogP contribution in [0, 0.1) is 17.6 Å². The van der Waals surface area contributed by atoms with Gasteiger partial charge in [0.05, 0.1) is 0 Å². The predicted molar refractivity (Wildman–Crippen MR) is 61.4 cm³/mol. The van der Waals surface area contributed by atoms with Crippen molar-refractivity contribution in [3.8, 4) is 0 Å². The molecule has 0 aliphatic carbocycles. The van der Waals surface area contributed by atoms with Gasteiger partial charge in [-0.25, -0.2) is 8.78 Å². The van der Waals surface area contributed by atoms with E-state index in [1.165, 1.54) is 12.1 Å². The van der Waals surface area contributed by atoms with E-state index in [0.29, 0.717) is 18.0 Å². The van der Waals surface area contributed by atoms with Crippen LogP contribution in [0.15, 0.2) is 18.2 Å². The molecule has 1 atom stereocenters. The Bertz CT molecular complexity index is 363. The zero-order valence-electron chi connectivity index (χ0n) is 9.70. The maximum Gasteiger partial charge on any atom is 0.126 e. The second-order valence-corrected chi connectivity index (χ2v) is 4.70. The number of rotatable bonds is 3. The Hall–Kier alpha value is -1.00. The van der Waals surface area contributed by atoms with Crippen LogP contribution in [0.25, 0.3) is 0 Å². The Balaban J connectivity index is 2.00. The fourth-order valence-electron chi connectivity index (χ4n) is 2.40. The van der Waals surface area contributed by atoms with Crippen LogP contribution in [0.1, 0.15) is 18.4 Å². The highest BCUT2D eigenvalue weighted by molar-refractivity contribution is 5.17. The lowest BCUT2D eigenvalue weighted by Crippen LogP contribution is -2.36. The van der Waals surface area contributed by atoms with E-state index in [-0.39, 0.29) is 6.61 Å². The first-order chi connectivity index (χ1) is 8.17. The van der Waals surface area contributed by atoms with Crippen LogP contribution in [-0.4, -0.2) is 29.7 Å². The first-order valence-corrected chi connectivity index (χ1v) is 5.95. The number of hydrogen-bond donors (Lipinski definition) is 1.